The third-order valence-corrected chi connectivity index (χ3v) is 10.3. The quantitative estimate of drug-likeness (QED) is 0.572. The van der Waals surface area contributed by atoms with Crippen LogP contribution in [0.2, 0.25) is 0 Å². The molecule has 35 heavy (non-hydrogen) atoms. The molecule has 8 nitrogen and oxygen atoms in total. The summed E-state index contributed by atoms with van der Waals surface area (Å²) in [4.78, 5) is 1.00. The molecule has 2 aromatic rings. The third kappa shape index (κ3) is 5.02. The molecule has 2 aliphatic rings. The lowest BCUT2D eigenvalue weighted by Gasteiger charge is -2.36. The van der Waals surface area contributed by atoms with Crippen molar-refractivity contribution in [2.45, 2.75) is 29.6 Å². The van der Waals surface area contributed by atoms with Crippen molar-refractivity contribution in [1.82, 2.24) is 8.61 Å². The second-order valence-corrected chi connectivity index (χ2v) is 12.7. The number of sulfonamides is 2. The van der Waals surface area contributed by atoms with Crippen LogP contribution in [0.5, 0.6) is 5.75 Å². The standard InChI is InChI=1S/C23H29F2N3O5S2/c1-17-5-4-10-28(16-17)34(29,30)18-8-9-22(33-2)21(15-18)26-11-13-27(14-12-26)35(31,32)23-19(24)6-3-7-20(23)25/h3,6-9,15,17H,4-5,10-14,16H2,1-2H3/t17-/m0/s1. The Kier molecular flexibility index (Phi) is 7.37. The van der Waals surface area contributed by atoms with Crippen LogP contribution >= 0.6 is 0 Å². The zero-order chi connectivity index (χ0) is 25.4. The summed E-state index contributed by atoms with van der Waals surface area (Å²) in [5.74, 6) is -1.55. The van der Waals surface area contributed by atoms with Crippen molar-refractivity contribution in [3.05, 3.63) is 48.0 Å². The van der Waals surface area contributed by atoms with Crippen molar-refractivity contribution in [2.75, 3.05) is 51.3 Å². The van der Waals surface area contributed by atoms with Gasteiger partial charge < -0.3 is 9.64 Å². The highest BCUT2D eigenvalue weighted by molar-refractivity contribution is 7.89. The Morgan fingerprint density at radius 3 is 2.14 bits per heavy atom. The summed E-state index contributed by atoms with van der Waals surface area (Å²) >= 11 is 0. The molecule has 0 radical (unpaired) electrons. The minimum Gasteiger partial charge on any atom is -0.495 e. The van der Waals surface area contributed by atoms with E-state index >= 15 is 0 Å². The van der Waals surface area contributed by atoms with Crippen molar-refractivity contribution < 1.29 is 30.4 Å². The third-order valence-electron chi connectivity index (χ3n) is 6.50. The molecule has 0 amide bonds. The van der Waals surface area contributed by atoms with Crippen LogP contribution in [0.3, 0.4) is 0 Å². The smallest absolute Gasteiger partial charge is 0.249 e. The van der Waals surface area contributed by atoms with Crippen molar-refractivity contribution in [3.63, 3.8) is 0 Å². The number of methoxy groups -OCH3 is 1. The van der Waals surface area contributed by atoms with Crippen molar-refractivity contribution in [3.8, 4) is 5.75 Å². The second-order valence-electron chi connectivity index (χ2n) is 8.89. The monoisotopic (exact) mass is 529 g/mol. The van der Waals surface area contributed by atoms with Crippen molar-refractivity contribution in [2.24, 2.45) is 5.92 Å². The molecule has 0 bridgehead atoms. The lowest BCUT2D eigenvalue weighted by molar-refractivity contribution is 0.281. The van der Waals surface area contributed by atoms with Gasteiger partial charge in [-0.3, -0.25) is 0 Å². The predicted molar refractivity (Wildman–Crippen MR) is 127 cm³/mol. The van der Waals surface area contributed by atoms with Crippen LogP contribution in [-0.2, 0) is 20.0 Å². The Morgan fingerprint density at radius 2 is 1.54 bits per heavy atom. The summed E-state index contributed by atoms with van der Waals surface area (Å²) in [5.41, 5.74) is 0.521. The van der Waals surface area contributed by atoms with Gasteiger partial charge in [0, 0.05) is 39.3 Å². The topological polar surface area (TPSA) is 87.2 Å². The second kappa shape index (κ2) is 10.00. The molecule has 2 saturated heterocycles. The number of anilines is 1. The molecule has 0 saturated carbocycles. The molecule has 2 aromatic carbocycles. The van der Waals surface area contributed by atoms with Crippen LogP contribution in [0, 0.1) is 17.6 Å². The molecular weight excluding hydrogens is 500 g/mol. The van der Waals surface area contributed by atoms with E-state index in [0.717, 1.165) is 35.3 Å². The number of hydrogen-bond acceptors (Lipinski definition) is 6. The number of nitrogens with zero attached hydrogens (tertiary/aromatic N) is 3. The van der Waals surface area contributed by atoms with Gasteiger partial charge in [0.25, 0.3) is 0 Å². The van der Waals surface area contributed by atoms with Gasteiger partial charge in [-0.1, -0.05) is 13.0 Å². The number of ether oxygens (including phenoxy) is 1. The fraction of sp³-hybridized carbons (Fsp3) is 0.478. The summed E-state index contributed by atoms with van der Waals surface area (Å²) in [7, 11) is -6.60. The summed E-state index contributed by atoms with van der Waals surface area (Å²) in [6.07, 6.45) is 1.80. The highest BCUT2D eigenvalue weighted by Gasteiger charge is 2.34. The average Bonchev–Trinajstić information content (AvgIpc) is 2.83. The molecular formula is C23H29F2N3O5S2. The van der Waals surface area contributed by atoms with Crippen LogP contribution in [0.15, 0.2) is 46.2 Å². The Labute approximate surface area is 205 Å². The van der Waals surface area contributed by atoms with E-state index in [2.05, 4.69) is 0 Å². The fourth-order valence-corrected chi connectivity index (χ4v) is 7.77. The summed E-state index contributed by atoms with van der Waals surface area (Å²) in [5, 5.41) is 0. The van der Waals surface area contributed by atoms with E-state index < -0.39 is 36.6 Å². The zero-order valence-electron chi connectivity index (χ0n) is 19.7. The number of benzene rings is 2. The number of piperazine rings is 1. The fourth-order valence-electron chi connectivity index (χ4n) is 4.62. The van der Waals surface area contributed by atoms with Crippen molar-refractivity contribution >= 4 is 25.7 Å². The first-order chi connectivity index (χ1) is 16.6. The lowest BCUT2D eigenvalue weighted by Crippen LogP contribution is -2.49. The minimum atomic E-state index is -4.37. The number of rotatable bonds is 6. The van der Waals surface area contributed by atoms with Gasteiger partial charge in [0.1, 0.15) is 17.4 Å². The highest BCUT2D eigenvalue weighted by Crippen LogP contribution is 2.34. The van der Waals surface area contributed by atoms with Gasteiger partial charge in [0.15, 0.2) is 4.90 Å². The van der Waals surface area contributed by atoms with Gasteiger partial charge in [-0.2, -0.15) is 8.61 Å². The van der Waals surface area contributed by atoms with Crippen LogP contribution < -0.4 is 9.64 Å². The van der Waals surface area contributed by atoms with E-state index in [0.29, 0.717) is 24.5 Å². The first-order valence-corrected chi connectivity index (χ1v) is 14.3. The van der Waals surface area contributed by atoms with Crippen LogP contribution in [0.25, 0.3) is 0 Å². The molecule has 0 spiro atoms. The molecule has 192 valence electrons. The first-order valence-electron chi connectivity index (χ1n) is 11.4. The Bertz CT molecular complexity index is 1280. The summed E-state index contributed by atoms with van der Waals surface area (Å²) < 4.78 is 88.6. The van der Waals surface area contributed by atoms with Gasteiger partial charge in [0.05, 0.1) is 17.7 Å². The van der Waals surface area contributed by atoms with Crippen molar-refractivity contribution in [1.29, 1.82) is 0 Å². The normalized spacial score (nSPS) is 20.7. The number of hydrogen-bond donors (Lipinski definition) is 0. The Hall–Kier alpha value is -2.28. The molecule has 0 aliphatic carbocycles. The van der Waals surface area contributed by atoms with Gasteiger partial charge in [-0.05, 0) is 49.1 Å². The van der Waals surface area contributed by atoms with E-state index in [1.54, 1.807) is 12.1 Å². The lowest BCUT2D eigenvalue weighted by atomic mass is 10.0. The molecule has 1 atom stereocenters. The van der Waals surface area contributed by atoms with Crippen LogP contribution in [-0.4, -0.2) is 71.8 Å². The maximum Gasteiger partial charge on any atom is 0.249 e. The van der Waals surface area contributed by atoms with Gasteiger partial charge in [-0.15, -0.1) is 0 Å². The Morgan fingerprint density at radius 1 is 0.886 bits per heavy atom. The molecule has 0 aromatic heterocycles. The van der Waals surface area contributed by atoms with E-state index in [1.807, 2.05) is 11.8 Å². The maximum atomic E-state index is 14.1. The first kappa shape index (κ1) is 25.8. The average molecular weight is 530 g/mol. The highest BCUT2D eigenvalue weighted by atomic mass is 32.2. The predicted octanol–water partition coefficient (Wildman–Crippen LogP) is 2.90. The minimum absolute atomic E-state index is 0.0279. The number of halogens is 2. The molecule has 0 N–H and O–H groups in total. The van der Waals surface area contributed by atoms with Crippen LogP contribution in [0.4, 0.5) is 14.5 Å². The largest absolute Gasteiger partial charge is 0.495 e. The molecule has 2 heterocycles. The van der Waals surface area contributed by atoms with Crippen LogP contribution in [0.1, 0.15) is 19.8 Å². The Balaban J connectivity index is 1.57. The molecule has 2 fully saturated rings. The molecule has 12 heteroatoms. The zero-order valence-corrected chi connectivity index (χ0v) is 21.3. The molecule has 2 aliphatic heterocycles. The number of piperidine rings is 1. The molecule has 0 unspecified atom stereocenters. The van der Waals surface area contributed by atoms with Gasteiger partial charge in [0.2, 0.25) is 20.0 Å². The van der Waals surface area contributed by atoms with E-state index in [-0.39, 0.29) is 37.0 Å². The summed E-state index contributed by atoms with van der Waals surface area (Å²) in [6.45, 7) is 3.29. The van der Waals surface area contributed by atoms with Gasteiger partial charge >= 0.3 is 0 Å². The van der Waals surface area contributed by atoms with E-state index in [9.17, 15) is 25.6 Å². The SMILES string of the molecule is COc1ccc(S(=O)(=O)N2CCC[C@H](C)C2)cc1N1CCN(S(=O)(=O)c2c(F)cccc2F)CC1. The van der Waals surface area contributed by atoms with E-state index in [4.69, 9.17) is 4.74 Å². The van der Waals surface area contributed by atoms with Gasteiger partial charge in [-0.25, -0.2) is 25.6 Å². The maximum absolute atomic E-state index is 14.1. The molecule has 4 rings (SSSR count). The summed E-state index contributed by atoms with van der Waals surface area (Å²) in [6, 6.07) is 7.58. The van der Waals surface area contributed by atoms with E-state index in [1.165, 1.54) is 17.5 Å².